The van der Waals surface area contributed by atoms with Crippen molar-refractivity contribution in [3.8, 4) is 0 Å². The van der Waals surface area contributed by atoms with Gasteiger partial charge >= 0.3 is 0 Å². The van der Waals surface area contributed by atoms with Gasteiger partial charge in [-0.2, -0.15) is 0 Å². The molecule has 4 nitrogen and oxygen atoms in total. The van der Waals surface area contributed by atoms with Crippen LogP contribution in [0.5, 0.6) is 0 Å². The first-order valence-electron chi connectivity index (χ1n) is 6.37. The molecule has 0 saturated carbocycles. The van der Waals surface area contributed by atoms with Gasteiger partial charge in [0.1, 0.15) is 4.90 Å². The van der Waals surface area contributed by atoms with Crippen LogP contribution in [0.1, 0.15) is 16.7 Å². The average molecular weight is 369 g/mol. The molecule has 0 fully saturated rings. The van der Waals surface area contributed by atoms with Crippen LogP contribution in [0.2, 0.25) is 0 Å². The van der Waals surface area contributed by atoms with E-state index in [2.05, 4.69) is 20.7 Å². The van der Waals surface area contributed by atoms with E-state index in [1.54, 1.807) is 31.2 Å². The van der Waals surface area contributed by atoms with E-state index in [-0.39, 0.29) is 10.6 Å². The number of hydrogen-bond donors (Lipinski definition) is 2. The topological polar surface area (TPSA) is 72.2 Å². The molecule has 0 amide bonds. The van der Waals surface area contributed by atoms with Gasteiger partial charge in [-0.3, -0.25) is 4.72 Å². The Morgan fingerprint density at radius 1 is 1.05 bits per heavy atom. The van der Waals surface area contributed by atoms with E-state index < -0.39 is 10.0 Å². The normalized spacial score (nSPS) is 11.4. The van der Waals surface area contributed by atoms with Crippen LogP contribution in [-0.2, 0) is 10.0 Å². The summed E-state index contributed by atoms with van der Waals surface area (Å²) in [6, 6.07) is 8.70. The smallest absolute Gasteiger partial charge is 0.264 e. The summed E-state index contributed by atoms with van der Waals surface area (Å²) in [7, 11) is -3.72. The molecule has 0 heterocycles. The maximum atomic E-state index is 12.6. The fourth-order valence-corrected chi connectivity index (χ4v) is 3.81. The van der Waals surface area contributed by atoms with Crippen molar-refractivity contribution in [2.45, 2.75) is 25.7 Å². The third-order valence-corrected chi connectivity index (χ3v) is 5.86. The molecular formula is C15H17BrN2O2S. The monoisotopic (exact) mass is 368 g/mol. The molecule has 2 aromatic carbocycles. The second-order valence-corrected chi connectivity index (χ2v) is 7.47. The number of sulfonamides is 1. The van der Waals surface area contributed by atoms with Gasteiger partial charge in [-0.25, -0.2) is 8.42 Å². The molecule has 3 N–H and O–H groups in total. The van der Waals surface area contributed by atoms with E-state index in [1.165, 1.54) is 0 Å². The third-order valence-electron chi connectivity index (χ3n) is 3.39. The molecule has 0 bridgehead atoms. The molecule has 21 heavy (non-hydrogen) atoms. The first kappa shape index (κ1) is 15.9. The zero-order valence-electron chi connectivity index (χ0n) is 12.1. The van der Waals surface area contributed by atoms with E-state index in [4.69, 9.17) is 5.73 Å². The summed E-state index contributed by atoms with van der Waals surface area (Å²) >= 11 is 3.39. The van der Waals surface area contributed by atoms with Crippen LogP contribution in [0.4, 0.5) is 11.4 Å². The molecular weight excluding hydrogens is 352 g/mol. The minimum Gasteiger partial charge on any atom is -0.398 e. The molecule has 0 atom stereocenters. The van der Waals surface area contributed by atoms with Gasteiger partial charge in [0.2, 0.25) is 0 Å². The van der Waals surface area contributed by atoms with Crippen molar-refractivity contribution in [3.05, 3.63) is 51.5 Å². The van der Waals surface area contributed by atoms with Crippen molar-refractivity contribution in [2.24, 2.45) is 0 Å². The molecule has 112 valence electrons. The van der Waals surface area contributed by atoms with Crippen LogP contribution < -0.4 is 10.5 Å². The van der Waals surface area contributed by atoms with Crippen LogP contribution in [0.15, 0.2) is 39.7 Å². The van der Waals surface area contributed by atoms with Crippen molar-refractivity contribution in [1.29, 1.82) is 0 Å². The van der Waals surface area contributed by atoms with Gasteiger partial charge in [0.15, 0.2) is 0 Å². The lowest BCUT2D eigenvalue weighted by Crippen LogP contribution is -2.16. The van der Waals surface area contributed by atoms with Crippen LogP contribution in [-0.4, -0.2) is 8.42 Å². The second kappa shape index (κ2) is 5.69. The molecule has 0 aliphatic carbocycles. The van der Waals surface area contributed by atoms with Crippen LogP contribution >= 0.6 is 15.9 Å². The number of rotatable bonds is 3. The van der Waals surface area contributed by atoms with Crippen molar-refractivity contribution < 1.29 is 8.42 Å². The molecule has 0 spiro atoms. The second-order valence-electron chi connectivity index (χ2n) is 5.00. The Kier molecular flexibility index (Phi) is 4.30. The van der Waals surface area contributed by atoms with E-state index in [0.717, 1.165) is 15.6 Å². The third kappa shape index (κ3) is 3.22. The Hall–Kier alpha value is -1.53. The molecule has 2 rings (SSSR count). The van der Waals surface area contributed by atoms with Crippen molar-refractivity contribution in [1.82, 2.24) is 0 Å². The number of aryl methyl sites for hydroxylation is 2. The van der Waals surface area contributed by atoms with Crippen LogP contribution in [0.25, 0.3) is 0 Å². The maximum absolute atomic E-state index is 12.6. The zero-order chi connectivity index (χ0) is 15.8. The van der Waals surface area contributed by atoms with Gasteiger partial charge in [-0.1, -0.05) is 22.0 Å². The van der Waals surface area contributed by atoms with E-state index >= 15 is 0 Å². The summed E-state index contributed by atoms with van der Waals surface area (Å²) in [5.41, 5.74) is 9.11. The Morgan fingerprint density at radius 2 is 1.71 bits per heavy atom. The summed E-state index contributed by atoms with van der Waals surface area (Å²) < 4.78 is 28.7. The summed E-state index contributed by atoms with van der Waals surface area (Å²) in [6.07, 6.45) is 0. The first-order valence-corrected chi connectivity index (χ1v) is 8.64. The quantitative estimate of drug-likeness (QED) is 0.810. The van der Waals surface area contributed by atoms with Gasteiger partial charge in [-0.15, -0.1) is 0 Å². The van der Waals surface area contributed by atoms with Crippen LogP contribution in [0.3, 0.4) is 0 Å². The summed E-state index contributed by atoms with van der Waals surface area (Å²) in [6.45, 7) is 5.51. The molecule has 0 aromatic heterocycles. The van der Waals surface area contributed by atoms with Crippen molar-refractivity contribution >= 4 is 37.3 Å². The number of benzene rings is 2. The van der Waals surface area contributed by atoms with Gasteiger partial charge in [0, 0.05) is 10.2 Å². The van der Waals surface area contributed by atoms with Gasteiger partial charge < -0.3 is 5.73 Å². The minimum absolute atomic E-state index is 0.142. The fraction of sp³-hybridized carbons (Fsp3) is 0.200. The lowest BCUT2D eigenvalue weighted by molar-refractivity contribution is 0.601. The van der Waals surface area contributed by atoms with E-state index in [9.17, 15) is 8.42 Å². The highest BCUT2D eigenvalue weighted by atomic mass is 79.9. The van der Waals surface area contributed by atoms with Gasteiger partial charge in [0.25, 0.3) is 10.0 Å². The van der Waals surface area contributed by atoms with Gasteiger partial charge in [0.05, 0.1) is 5.69 Å². The molecule has 0 aliphatic heterocycles. The number of nitrogen functional groups attached to an aromatic ring is 1. The Bertz CT molecular complexity index is 802. The number of anilines is 2. The van der Waals surface area contributed by atoms with Gasteiger partial charge in [-0.05, 0) is 61.7 Å². The average Bonchev–Trinajstić information content (AvgIpc) is 2.38. The largest absolute Gasteiger partial charge is 0.398 e. The SMILES string of the molecule is Cc1cc(NS(=O)(=O)c2c(N)ccc(C)c2C)ccc1Br. The predicted octanol–water partition coefficient (Wildman–Crippen LogP) is 3.76. The summed E-state index contributed by atoms with van der Waals surface area (Å²) in [4.78, 5) is 0.142. The first-order chi connectivity index (χ1) is 9.72. The maximum Gasteiger partial charge on any atom is 0.264 e. The molecule has 6 heteroatoms. The molecule has 2 aromatic rings. The fourth-order valence-electron chi connectivity index (χ4n) is 2.08. The number of halogens is 1. The molecule has 0 saturated heterocycles. The number of hydrogen-bond acceptors (Lipinski definition) is 3. The Balaban J connectivity index is 2.48. The molecule has 0 radical (unpaired) electrons. The standard InChI is InChI=1S/C15H17BrN2O2S/c1-9-4-7-14(17)15(11(9)3)21(19,20)18-12-5-6-13(16)10(2)8-12/h4-8,18H,17H2,1-3H3. The Labute approximate surface area is 133 Å². The highest BCUT2D eigenvalue weighted by molar-refractivity contribution is 9.10. The minimum atomic E-state index is -3.72. The lowest BCUT2D eigenvalue weighted by atomic mass is 10.1. The summed E-state index contributed by atoms with van der Waals surface area (Å²) in [5.74, 6) is 0. The number of nitrogens with one attached hydrogen (secondary N) is 1. The molecule has 0 unspecified atom stereocenters. The van der Waals surface area contributed by atoms with Crippen molar-refractivity contribution in [3.63, 3.8) is 0 Å². The molecule has 0 aliphatic rings. The summed E-state index contributed by atoms with van der Waals surface area (Å²) in [5, 5.41) is 0. The lowest BCUT2D eigenvalue weighted by Gasteiger charge is -2.14. The predicted molar refractivity (Wildman–Crippen MR) is 90.0 cm³/mol. The highest BCUT2D eigenvalue weighted by Gasteiger charge is 2.21. The van der Waals surface area contributed by atoms with E-state index in [1.807, 2.05) is 19.9 Å². The Morgan fingerprint density at radius 3 is 2.33 bits per heavy atom. The number of nitrogens with two attached hydrogens (primary N) is 1. The van der Waals surface area contributed by atoms with E-state index in [0.29, 0.717) is 11.3 Å². The van der Waals surface area contributed by atoms with Crippen LogP contribution in [0, 0.1) is 20.8 Å². The van der Waals surface area contributed by atoms with Crippen molar-refractivity contribution in [2.75, 3.05) is 10.5 Å². The highest BCUT2D eigenvalue weighted by Crippen LogP contribution is 2.28. The zero-order valence-corrected chi connectivity index (χ0v) is 14.5.